The smallest absolute Gasteiger partial charge is 0.0850 e. The quantitative estimate of drug-likeness (QED) is 0.719. The Hall–Kier alpha value is -0.160. The number of aliphatic hydroxyl groups excluding tert-OH is 1. The van der Waals surface area contributed by atoms with Crippen molar-refractivity contribution in [3.8, 4) is 0 Å². The van der Waals surface area contributed by atoms with Crippen LogP contribution in [-0.2, 0) is 6.42 Å². The summed E-state index contributed by atoms with van der Waals surface area (Å²) < 4.78 is 2.03. The molecule has 0 spiro atoms. The fourth-order valence-corrected chi connectivity index (χ4v) is 5.37. The number of thiophene rings is 1. The van der Waals surface area contributed by atoms with E-state index in [0.29, 0.717) is 6.42 Å². The summed E-state index contributed by atoms with van der Waals surface area (Å²) in [5.74, 6) is 0. The van der Waals surface area contributed by atoms with Crippen LogP contribution in [-0.4, -0.2) is 5.11 Å². The van der Waals surface area contributed by atoms with Crippen molar-refractivity contribution in [2.75, 3.05) is 0 Å². The largest absolute Gasteiger partial charge is 0.388 e. The standard InChI is InChI=1S/C15H16Br2OS/c1-8-4-9(2)11(10(3)5-8)6-13(18)12-7-14(16)19-15(12)17/h4-5,7,13,18H,6H2,1-3H3. The topological polar surface area (TPSA) is 20.2 Å². The second-order valence-corrected chi connectivity index (χ2v) is 8.63. The summed E-state index contributed by atoms with van der Waals surface area (Å²) in [4.78, 5) is 0. The van der Waals surface area contributed by atoms with E-state index in [2.05, 4.69) is 64.8 Å². The SMILES string of the molecule is Cc1cc(C)c(CC(O)c2cc(Br)sc2Br)c(C)c1. The molecule has 0 aliphatic heterocycles. The van der Waals surface area contributed by atoms with Gasteiger partial charge in [0.05, 0.1) is 13.7 Å². The molecular formula is C15H16Br2OS. The third-order valence-electron chi connectivity index (χ3n) is 3.28. The zero-order chi connectivity index (χ0) is 14.2. The predicted molar refractivity (Wildman–Crippen MR) is 89.0 cm³/mol. The molecule has 0 saturated carbocycles. The predicted octanol–water partition coefficient (Wildman–Crippen LogP) is 5.47. The van der Waals surface area contributed by atoms with E-state index in [1.807, 2.05) is 6.07 Å². The van der Waals surface area contributed by atoms with Crippen LogP contribution in [0.1, 0.15) is 33.9 Å². The third kappa shape index (κ3) is 3.48. The van der Waals surface area contributed by atoms with Crippen LogP contribution >= 0.6 is 43.2 Å². The van der Waals surface area contributed by atoms with E-state index >= 15 is 0 Å². The van der Waals surface area contributed by atoms with Crippen molar-refractivity contribution in [1.82, 2.24) is 0 Å². The first-order valence-corrected chi connectivity index (χ1v) is 8.48. The Balaban J connectivity index is 2.29. The molecule has 0 aliphatic carbocycles. The Morgan fingerprint density at radius 1 is 1.11 bits per heavy atom. The summed E-state index contributed by atoms with van der Waals surface area (Å²) in [7, 11) is 0. The van der Waals surface area contributed by atoms with Crippen molar-refractivity contribution in [1.29, 1.82) is 0 Å². The Kier molecular flexibility index (Phi) is 4.88. The van der Waals surface area contributed by atoms with Crippen LogP contribution in [0.2, 0.25) is 0 Å². The lowest BCUT2D eigenvalue weighted by Gasteiger charge is -2.15. The monoisotopic (exact) mass is 402 g/mol. The van der Waals surface area contributed by atoms with Crippen LogP contribution in [0.5, 0.6) is 0 Å². The zero-order valence-electron chi connectivity index (χ0n) is 11.1. The van der Waals surface area contributed by atoms with Gasteiger partial charge in [-0.25, -0.2) is 0 Å². The lowest BCUT2D eigenvalue weighted by Crippen LogP contribution is -2.05. The van der Waals surface area contributed by atoms with Gasteiger partial charge < -0.3 is 5.11 Å². The zero-order valence-corrected chi connectivity index (χ0v) is 15.1. The fraction of sp³-hybridized carbons (Fsp3) is 0.333. The van der Waals surface area contributed by atoms with Gasteiger partial charge in [0.2, 0.25) is 0 Å². The second-order valence-electron chi connectivity index (χ2n) is 4.88. The van der Waals surface area contributed by atoms with Gasteiger partial charge in [-0.2, -0.15) is 0 Å². The molecule has 0 saturated heterocycles. The van der Waals surface area contributed by atoms with Crippen molar-refractivity contribution in [3.05, 3.63) is 53.6 Å². The fourth-order valence-electron chi connectivity index (χ4n) is 2.42. The van der Waals surface area contributed by atoms with E-state index in [4.69, 9.17) is 0 Å². The molecular weight excluding hydrogens is 388 g/mol. The normalized spacial score (nSPS) is 12.7. The average molecular weight is 404 g/mol. The van der Waals surface area contributed by atoms with Gasteiger partial charge in [0.25, 0.3) is 0 Å². The number of benzene rings is 1. The van der Waals surface area contributed by atoms with Gasteiger partial charge in [-0.3, -0.25) is 0 Å². The van der Waals surface area contributed by atoms with Crippen LogP contribution in [0.3, 0.4) is 0 Å². The first-order chi connectivity index (χ1) is 8.88. The molecule has 1 aromatic heterocycles. The summed E-state index contributed by atoms with van der Waals surface area (Å²) in [6.07, 6.45) is 0.178. The minimum absolute atomic E-state index is 0.475. The molecule has 1 atom stereocenters. The molecule has 0 amide bonds. The Morgan fingerprint density at radius 2 is 1.68 bits per heavy atom. The Bertz CT molecular complexity index is 581. The first kappa shape index (κ1) is 15.2. The van der Waals surface area contributed by atoms with Gasteiger partial charge in [-0.1, -0.05) is 17.7 Å². The summed E-state index contributed by atoms with van der Waals surface area (Å²) in [6.45, 7) is 6.33. The lowest BCUT2D eigenvalue weighted by atomic mass is 9.94. The highest BCUT2D eigenvalue weighted by molar-refractivity contribution is 9.12. The Labute approximate surface area is 134 Å². The molecule has 1 N–H and O–H groups in total. The van der Waals surface area contributed by atoms with E-state index in [0.717, 1.165) is 13.1 Å². The maximum Gasteiger partial charge on any atom is 0.0850 e. The number of aliphatic hydroxyl groups is 1. The number of rotatable bonds is 3. The maximum atomic E-state index is 10.4. The van der Waals surface area contributed by atoms with Gasteiger partial charge >= 0.3 is 0 Å². The lowest BCUT2D eigenvalue weighted by molar-refractivity contribution is 0.178. The highest BCUT2D eigenvalue weighted by atomic mass is 79.9. The third-order valence-corrected chi connectivity index (χ3v) is 5.67. The summed E-state index contributed by atoms with van der Waals surface area (Å²) in [5, 5.41) is 10.4. The highest BCUT2D eigenvalue weighted by Crippen LogP contribution is 2.37. The summed E-state index contributed by atoms with van der Waals surface area (Å²) >= 11 is 8.55. The van der Waals surface area contributed by atoms with Crippen molar-refractivity contribution in [2.45, 2.75) is 33.3 Å². The Morgan fingerprint density at radius 3 is 2.16 bits per heavy atom. The van der Waals surface area contributed by atoms with Crippen LogP contribution in [0.15, 0.2) is 25.8 Å². The van der Waals surface area contributed by atoms with Crippen LogP contribution in [0.25, 0.3) is 0 Å². The highest BCUT2D eigenvalue weighted by Gasteiger charge is 2.17. The average Bonchev–Trinajstić information content (AvgIpc) is 2.62. The van der Waals surface area contributed by atoms with Crippen LogP contribution in [0, 0.1) is 20.8 Å². The number of halogens is 2. The molecule has 2 rings (SSSR count). The summed E-state index contributed by atoms with van der Waals surface area (Å²) in [6, 6.07) is 6.33. The van der Waals surface area contributed by atoms with Gasteiger partial charge in [-0.15, -0.1) is 11.3 Å². The van der Waals surface area contributed by atoms with Gasteiger partial charge in [0, 0.05) is 12.0 Å². The van der Waals surface area contributed by atoms with Crippen molar-refractivity contribution < 1.29 is 5.11 Å². The molecule has 1 aromatic carbocycles. The molecule has 0 bridgehead atoms. The molecule has 19 heavy (non-hydrogen) atoms. The van der Waals surface area contributed by atoms with E-state index in [-0.39, 0.29) is 0 Å². The molecule has 0 aliphatic rings. The maximum absolute atomic E-state index is 10.4. The molecule has 1 heterocycles. The molecule has 0 radical (unpaired) electrons. The van der Waals surface area contributed by atoms with E-state index < -0.39 is 6.10 Å². The minimum Gasteiger partial charge on any atom is -0.388 e. The molecule has 1 nitrogen and oxygen atoms in total. The first-order valence-electron chi connectivity index (χ1n) is 6.08. The minimum atomic E-state index is -0.475. The second kappa shape index (κ2) is 6.08. The van der Waals surface area contributed by atoms with E-state index in [9.17, 15) is 5.11 Å². The van der Waals surface area contributed by atoms with Crippen LogP contribution < -0.4 is 0 Å². The molecule has 0 fully saturated rings. The van der Waals surface area contributed by atoms with Crippen molar-refractivity contribution in [3.63, 3.8) is 0 Å². The molecule has 102 valence electrons. The van der Waals surface area contributed by atoms with Gasteiger partial charge in [-0.05, 0) is 75.4 Å². The van der Waals surface area contributed by atoms with E-state index in [1.165, 1.54) is 22.3 Å². The van der Waals surface area contributed by atoms with Crippen molar-refractivity contribution >= 4 is 43.2 Å². The van der Waals surface area contributed by atoms with Crippen molar-refractivity contribution in [2.24, 2.45) is 0 Å². The number of hydrogen-bond acceptors (Lipinski definition) is 2. The van der Waals surface area contributed by atoms with Gasteiger partial charge in [0.15, 0.2) is 0 Å². The molecule has 4 heteroatoms. The summed E-state index contributed by atoms with van der Waals surface area (Å²) in [5.41, 5.74) is 5.97. The van der Waals surface area contributed by atoms with Gasteiger partial charge in [0.1, 0.15) is 0 Å². The number of hydrogen-bond donors (Lipinski definition) is 1. The molecule has 1 unspecified atom stereocenters. The van der Waals surface area contributed by atoms with Crippen LogP contribution in [0.4, 0.5) is 0 Å². The number of aryl methyl sites for hydroxylation is 3. The molecule has 2 aromatic rings. The van der Waals surface area contributed by atoms with E-state index in [1.54, 1.807) is 11.3 Å².